The van der Waals surface area contributed by atoms with Crippen LogP contribution >= 0.6 is 0 Å². The fourth-order valence-corrected chi connectivity index (χ4v) is 3.28. The Labute approximate surface area is 101 Å². The average molecular weight is 282 g/mol. The number of hydrogen-bond donors (Lipinski definition) is 0. The molecule has 0 rings (SSSR count). The molecule has 0 saturated carbocycles. The number of sulfone groups is 2. The maximum atomic E-state index is 11.3. The number of ether oxygens (including phenoxy) is 1. The first kappa shape index (κ1) is 15.9. The maximum Gasteiger partial charge on any atom is 0.293 e. The second-order valence-corrected chi connectivity index (χ2v) is 7.27. The van der Waals surface area contributed by atoms with Crippen LogP contribution in [0.2, 0.25) is 0 Å². The molecule has 17 heavy (non-hydrogen) atoms. The van der Waals surface area contributed by atoms with Gasteiger partial charge in [0.25, 0.3) is 6.47 Å². The Hall–Kier alpha value is -1.15. The minimum absolute atomic E-state index is 0.133. The van der Waals surface area contributed by atoms with Crippen LogP contribution in [-0.4, -0.2) is 41.4 Å². The molecule has 0 amide bonds. The van der Waals surface area contributed by atoms with Gasteiger partial charge in [-0.25, -0.2) is 16.8 Å². The third kappa shape index (κ3) is 6.90. The van der Waals surface area contributed by atoms with Crippen molar-refractivity contribution in [1.82, 2.24) is 0 Å². The Bertz CT molecular complexity index is 434. The van der Waals surface area contributed by atoms with Crippen molar-refractivity contribution in [1.29, 1.82) is 0 Å². The van der Waals surface area contributed by atoms with E-state index in [1.54, 1.807) is 0 Å². The van der Waals surface area contributed by atoms with Crippen LogP contribution in [-0.2, 0) is 29.2 Å². The van der Waals surface area contributed by atoms with Crippen LogP contribution in [0, 0.1) is 5.92 Å². The van der Waals surface area contributed by atoms with Crippen molar-refractivity contribution in [2.45, 2.75) is 0 Å². The van der Waals surface area contributed by atoms with Crippen molar-refractivity contribution in [2.75, 3.05) is 18.1 Å². The third-order valence-electron chi connectivity index (χ3n) is 1.84. The molecule has 0 N–H and O–H groups in total. The molecule has 98 valence electrons. The van der Waals surface area contributed by atoms with E-state index in [0.29, 0.717) is 0 Å². The summed E-state index contributed by atoms with van der Waals surface area (Å²) in [5.41, 5.74) is 0. The average Bonchev–Trinajstić information content (AvgIpc) is 2.25. The zero-order valence-corrected chi connectivity index (χ0v) is 10.7. The number of rotatable bonds is 9. The fourth-order valence-electron chi connectivity index (χ4n) is 1.11. The first-order chi connectivity index (χ1) is 7.76. The maximum absolute atomic E-state index is 11.3. The van der Waals surface area contributed by atoms with E-state index in [0.717, 1.165) is 10.8 Å². The number of carbonyl (C=O) groups excluding carboxylic acids is 1. The highest BCUT2D eigenvalue weighted by molar-refractivity contribution is 7.95. The molecule has 8 heteroatoms. The van der Waals surface area contributed by atoms with Crippen LogP contribution in [0.5, 0.6) is 0 Å². The molecule has 0 fully saturated rings. The van der Waals surface area contributed by atoms with E-state index in [4.69, 9.17) is 0 Å². The molecular weight excluding hydrogens is 268 g/mol. The third-order valence-corrected chi connectivity index (χ3v) is 4.73. The summed E-state index contributed by atoms with van der Waals surface area (Å²) >= 11 is 0. The summed E-state index contributed by atoms with van der Waals surface area (Å²) in [6, 6.07) is 0. The number of carbonyl (C=O) groups is 1. The van der Waals surface area contributed by atoms with Gasteiger partial charge in [-0.05, 0) is 0 Å². The van der Waals surface area contributed by atoms with E-state index >= 15 is 0 Å². The van der Waals surface area contributed by atoms with Gasteiger partial charge < -0.3 is 4.74 Å². The standard InChI is InChI=1S/C9H14O6S2/c1-3-16(11,12)6-9(5-15-8-10)7-17(13,14)4-2/h3-4,8-9H,1-2,5-7H2. The van der Waals surface area contributed by atoms with Crippen LogP contribution in [0.15, 0.2) is 24.0 Å². The van der Waals surface area contributed by atoms with Crippen molar-refractivity contribution >= 4 is 26.1 Å². The van der Waals surface area contributed by atoms with Crippen LogP contribution in [0.3, 0.4) is 0 Å². The van der Waals surface area contributed by atoms with E-state index in [9.17, 15) is 21.6 Å². The lowest BCUT2D eigenvalue weighted by molar-refractivity contribution is -0.129. The van der Waals surface area contributed by atoms with E-state index in [2.05, 4.69) is 17.9 Å². The quantitative estimate of drug-likeness (QED) is 0.548. The van der Waals surface area contributed by atoms with Crippen molar-refractivity contribution in [3.05, 3.63) is 24.0 Å². The zero-order valence-electron chi connectivity index (χ0n) is 9.11. The summed E-state index contributed by atoms with van der Waals surface area (Å²) in [6.07, 6.45) is 0. The van der Waals surface area contributed by atoms with Gasteiger partial charge in [0.2, 0.25) is 0 Å². The minimum atomic E-state index is -3.56. The molecule has 0 aliphatic rings. The van der Waals surface area contributed by atoms with E-state index in [1.807, 2.05) is 0 Å². The first-order valence-corrected chi connectivity index (χ1v) is 7.95. The van der Waals surface area contributed by atoms with Crippen molar-refractivity contribution in [2.24, 2.45) is 5.92 Å². The molecule has 6 nitrogen and oxygen atoms in total. The molecule has 0 radical (unpaired) electrons. The van der Waals surface area contributed by atoms with Gasteiger partial charge in [-0.1, -0.05) is 13.2 Å². The van der Waals surface area contributed by atoms with E-state index < -0.39 is 37.1 Å². The molecule has 0 bridgehead atoms. The van der Waals surface area contributed by atoms with Gasteiger partial charge in [-0.3, -0.25) is 4.79 Å². The van der Waals surface area contributed by atoms with Crippen molar-refractivity contribution in [3.63, 3.8) is 0 Å². The van der Waals surface area contributed by atoms with Gasteiger partial charge in [0.05, 0.1) is 18.1 Å². The SMILES string of the molecule is C=CS(=O)(=O)CC(COC=O)CS(=O)(=O)C=C. The predicted molar refractivity (Wildman–Crippen MR) is 63.5 cm³/mol. The molecule has 0 heterocycles. The Morgan fingerprint density at radius 1 is 1.00 bits per heavy atom. The van der Waals surface area contributed by atoms with Crippen LogP contribution < -0.4 is 0 Å². The number of hydrogen-bond acceptors (Lipinski definition) is 6. The second-order valence-electron chi connectivity index (χ2n) is 3.29. The fraction of sp³-hybridized carbons (Fsp3) is 0.444. The van der Waals surface area contributed by atoms with Crippen molar-refractivity contribution in [3.8, 4) is 0 Å². The molecule has 0 saturated heterocycles. The molecule has 0 aliphatic heterocycles. The van der Waals surface area contributed by atoms with Crippen LogP contribution in [0.1, 0.15) is 0 Å². The smallest absolute Gasteiger partial charge is 0.293 e. The van der Waals surface area contributed by atoms with Crippen LogP contribution in [0.25, 0.3) is 0 Å². The largest absolute Gasteiger partial charge is 0.468 e. The Kier molecular flexibility index (Phi) is 6.11. The molecule has 0 spiro atoms. The Morgan fingerprint density at radius 2 is 1.41 bits per heavy atom. The van der Waals surface area contributed by atoms with E-state index in [-0.39, 0.29) is 13.1 Å². The Balaban J connectivity index is 4.83. The van der Waals surface area contributed by atoms with Crippen molar-refractivity contribution < 1.29 is 26.4 Å². The predicted octanol–water partition coefficient (Wildman–Crippen LogP) is -0.108. The molecule has 0 aromatic heterocycles. The van der Waals surface area contributed by atoms with Gasteiger partial charge in [-0.2, -0.15) is 0 Å². The van der Waals surface area contributed by atoms with E-state index in [1.165, 1.54) is 0 Å². The van der Waals surface area contributed by atoms with Gasteiger partial charge >= 0.3 is 0 Å². The molecule has 0 aromatic rings. The van der Waals surface area contributed by atoms with Gasteiger partial charge in [0, 0.05) is 16.7 Å². The molecule has 0 atom stereocenters. The highest BCUT2D eigenvalue weighted by atomic mass is 32.2. The molecule has 0 aliphatic carbocycles. The lowest BCUT2D eigenvalue weighted by Gasteiger charge is -2.13. The van der Waals surface area contributed by atoms with Gasteiger partial charge in [0.1, 0.15) is 0 Å². The Morgan fingerprint density at radius 3 is 1.71 bits per heavy atom. The summed E-state index contributed by atoms with van der Waals surface area (Å²) in [5.74, 6) is -1.74. The monoisotopic (exact) mass is 282 g/mol. The summed E-state index contributed by atoms with van der Waals surface area (Å²) in [4.78, 5) is 10.0. The summed E-state index contributed by atoms with van der Waals surface area (Å²) in [7, 11) is -7.12. The summed E-state index contributed by atoms with van der Waals surface area (Å²) < 4.78 is 49.5. The summed E-state index contributed by atoms with van der Waals surface area (Å²) in [5, 5.41) is 1.48. The molecular formula is C9H14O6S2. The van der Waals surface area contributed by atoms with Gasteiger partial charge in [-0.15, -0.1) is 0 Å². The lowest BCUT2D eigenvalue weighted by Crippen LogP contribution is -2.26. The zero-order chi connectivity index (χ0) is 13.5. The topological polar surface area (TPSA) is 94.6 Å². The summed E-state index contributed by atoms with van der Waals surface area (Å²) in [6.45, 7) is 6.07. The molecule has 0 unspecified atom stereocenters. The first-order valence-electron chi connectivity index (χ1n) is 4.52. The van der Waals surface area contributed by atoms with Gasteiger partial charge in [0.15, 0.2) is 19.7 Å². The van der Waals surface area contributed by atoms with Crippen LogP contribution in [0.4, 0.5) is 0 Å². The molecule has 0 aromatic carbocycles. The highest BCUT2D eigenvalue weighted by Crippen LogP contribution is 2.09. The highest BCUT2D eigenvalue weighted by Gasteiger charge is 2.22. The lowest BCUT2D eigenvalue weighted by atomic mass is 10.2. The normalized spacial score (nSPS) is 12.1. The second kappa shape index (κ2) is 6.55. The minimum Gasteiger partial charge on any atom is -0.468 e.